The van der Waals surface area contributed by atoms with Crippen LogP contribution in [0.15, 0.2) is 118 Å². The Balaban J connectivity index is 1.13. The zero-order valence-electron chi connectivity index (χ0n) is 31.1. The second kappa shape index (κ2) is 17.2. The second-order valence-corrected chi connectivity index (χ2v) is 14.4. The van der Waals surface area contributed by atoms with E-state index in [-0.39, 0.29) is 17.4 Å². The predicted molar refractivity (Wildman–Crippen MR) is 210 cm³/mol. The van der Waals surface area contributed by atoms with Gasteiger partial charge in [0.15, 0.2) is 0 Å². The van der Waals surface area contributed by atoms with Gasteiger partial charge < -0.3 is 14.8 Å². The van der Waals surface area contributed by atoms with Gasteiger partial charge in [-0.2, -0.15) is 5.11 Å². The molecule has 9 heteroatoms. The molecule has 270 valence electrons. The molecule has 0 bridgehead atoms. The number of carbonyl (C=O) groups excluding carboxylic acids is 2. The van der Waals surface area contributed by atoms with E-state index in [0.29, 0.717) is 30.2 Å². The van der Waals surface area contributed by atoms with Crippen LogP contribution in [0, 0.1) is 10.8 Å². The van der Waals surface area contributed by atoms with Crippen LogP contribution < -0.4 is 5.32 Å². The molecule has 0 radical (unpaired) electrons. The van der Waals surface area contributed by atoms with Crippen LogP contribution >= 0.6 is 0 Å². The first-order valence-corrected chi connectivity index (χ1v) is 18.0. The molecule has 0 aliphatic heterocycles. The van der Waals surface area contributed by atoms with Crippen molar-refractivity contribution in [2.75, 3.05) is 25.1 Å². The van der Waals surface area contributed by atoms with Crippen LogP contribution in [0.25, 0.3) is 21.5 Å². The van der Waals surface area contributed by atoms with Gasteiger partial charge >= 0.3 is 11.9 Å². The molecule has 0 aliphatic carbocycles. The van der Waals surface area contributed by atoms with Crippen LogP contribution in [0.2, 0.25) is 0 Å². The summed E-state index contributed by atoms with van der Waals surface area (Å²) in [7, 11) is 0. The Bertz CT molecular complexity index is 2060. The van der Waals surface area contributed by atoms with Gasteiger partial charge in [-0.05, 0) is 100 Å². The summed E-state index contributed by atoms with van der Waals surface area (Å²) >= 11 is 0. The van der Waals surface area contributed by atoms with E-state index in [1.165, 1.54) is 0 Å². The van der Waals surface area contributed by atoms with Gasteiger partial charge in [-0.15, -0.1) is 15.3 Å². The minimum Gasteiger partial charge on any atom is -0.465 e. The zero-order valence-corrected chi connectivity index (χ0v) is 31.1. The third kappa shape index (κ3) is 9.26. The first-order chi connectivity index (χ1) is 25.0. The topological polar surface area (TPSA) is 114 Å². The first-order valence-electron chi connectivity index (χ1n) is 18.0. The lowest BCUT2D eigenvalue weighted by Gasteiger charge is -2.36. The molecule has 0 unspecified atom stereocenters. The summed E-state index contributed by atoms with van der Waals surface area (Å²) < 4.78 is 11.0. The lowest BCUT2D eigenvalue weighted by molar-refractivity contribution is -0.160. The van der Waals surface area contributed by atoms with Crippen LogP contribution in [-0.4, -0.2) is 31.7 Å². The quantitative estimate of drug-likeness (QED) is 0.0663. The minimum atomic E-state index is -0.547. The van der Waals surface area contributed by atoms with Gasteiger partial charge in [-0.25, -0.2) is 4.79 Å². The summed E-state index contributed by atoms with van der Waals surface area (Å²) in [5.74, 6) is -0.543. The van der Waals surface area contributed by atoms with Crippen molar-refractivity contribution >= 4 is 61.9 Å². The number of anilines is 1. The van der Waals surface area contributed by atoms with Crippen molar-refractivity contribution in [3.05, 3.63) is 103 Å². The Morgan fingerprint density at radius 3 is 1.60 bits per heavy atom. The summed E-state index contributed by atoms with van der Waals surface area (Å²) in [4.78, 5) is 25.0. The number of azo groups is 2. The average Bonchev–Trinajstić information content (AvgIpc) is 3.14. The smallest absolute Gasteiger partial charge is 0.338 e. The Labute approximate surface area is 306 Å². The van der Waals surface area contributed by atoms with E-state index in [0.717, 1.165) is 70.8 Å². The maximum Gasteiger partial charge on any atom is 0.338 e. The SMILES string of the molecule is CCNc1ccc(N=Nc2ccc(N=Nc3ccc(C(=O)OCCCCCCOC(=O)C(C)(C)C(C)(C)C)cc3)c3ccccc23)c2ccccc12. The van der Waals surface area contributed by atoms with Gasteiger partial charge in [0.2, 0.25) is 0 Å². The van der Waals surface area contributed by atoms with E-state index in [1.807, 2.05) is 95.3 Å². The molecule has 0 fully saturated rings. The molecule has 0 spiro atoms. The van der Waals surface area contributed by atoms with Gasteiger partial charge in [0.25, 0.3) is 0 Å². The molecular weight excluding hydrogens is 651 g/mol. The van der Waals surface area contributed by atoms with Gasteiger partial charge in [0.1, 0.15) is 0 Å². The number of ether oxygens (including phenoxy) is 2. The molecule has 0 amide bonds. The van der Waals surface area contributed by atoms with Crippen molar-refractivity contribution in [3.63, 3.8) is 0 Å². The third-order valence-electron chi connectivity index (χ3n) is 9.68. The standard InChI is InChI=1S/C43H49N5O4/c1-7-44-36-24-25-38(33-17-11-10-16-32(33)36)47-48-39-27-26-37(34-18-12-13-19-35(34)39)46-45-31-22-20-30(21-23-31)40(49)51-28-14-8-9-15-29-52-41(50)43(5,6)42(2,3)4/h10-13,16-27,44H,7-9,14-15,28-29H2,1-6H3. The Kier molecular flexibility index (Phi) is 12.5. The number of nitrogens with one attached hydrogen (secondary N) is 1. The van der Waals surface area contributed by atoms with E-state index < -0.39 is 5.41 Å². The summed E-state index contributed by atoms with van der Waals surface area (Å²) in [5.41, 5.74) is 3.65. The monoisotopic (exact) mass is 699 g/mol. The molecule has 0 aliphatic rings. The normalized spacial score (nSPS) is 12.2. The van der Waals surface area contributed by atoms with Crippen LogP contribution in [0.4, 0.5) is 28.4 Å². The molecule has 0 saturated carbocycles. The number of rotatable bonds is 15. The molecule has 52 heavy (non-hydrogen) atoms. The molecule has 0 atom stereocenters. The Morgan fingerprint density at radius 1 is 0.577 bits per heavy atom. The summed E-state index contributed by atoms with van der Waals surface area (Å²) in [6, 6.07) is 30.8. The van der Waals surface area contributed by atoms with Crippen LogP contribution in [-0.2, 0) is 14.3 Å². The van der Waals surface area contributed by atoms with Crippen LogP contribution in [0.5, 0.6) is 0 Å². The molecule has 5 rings (SSSR count). The van der Waals surface area contributed by atoms with E-state index in [2.05, 4.69) is 44.8 Å². The highest BCUT2D eigenvalue weighted by Crippen LogP contribution is 2.39. The Morgan fingerprint density at radius 2 is 1.06 bits per heavy atom. The number of hydrogen-bond acceptors (Lipinski definition) is 9. The number of benzene rings is 5. The number of carbonyl (C=O) groups is 2. The lowest BCUT2D eigenvalue weighted by atomic mass is 9.69. The highest BCUT2D eigenvalue weighted by atomic mass is 16.5. The fraction of sp³-hybridized carbons (Fsp3) is 0.349. The second-order valence-electron chi connectivity index (χ2n) is 14.4. The predicted octanol–water partition coefficient (Wildman–Crippen LogP) is 12.6. The molecule has 1 N–H and O–H groups in total. The van der Waals surface area contributed by atoms with Crippen LogP contribution in [0.3, 0.4) is 0 Å². The van der Waals surface area contributed by atoms with Gasteiger partial charge in [0, 0.05) is 33.8 Å². The van der Waals surface area contributed by atoms with E-state index in [4.69, 9.17) is 9.47 Å². The average molecular weight is 700 g/mol. The van der Waals surface area contributed by atoms with Crippen molar-refractivity contribution in [3.8, 4) is 0 Å². The number of hydrogen-bond donors (Lipinski definition) is 1. The molecule has 0 saturated heterocycles. The van der Waals surface area contributed by atoms with Crippen molar-refractivity contribution in [2.45, 2.75) is 67.2 Å². The van der Waals surface area contributed by atoms with Gasteiger partial charge in [-0.1, -0.05) is 69.3 Å². The summed E-state index contributed by atoms with van der Waals surface area (Å²) in [6.07, 6.45) is 3.30. The van der Waals surface area contributed by atoms with Crippen LogP contribution in [0.1, 0.15) is 77.6 Å². The zero-order chi connectivity index (χ0) is 37.1. The first kappa shape index (κ1) is 37.8. The molecule has 0 aromatic heterocycles. The third-order valence-corrected chi connectivity index (χ3v) is 9.68. The van der Waals surface area contributed by atoms with Gasteiger partial charge in [0.05, 0.1) is 46.9 Å². The Hall–Kier alpha value is -5.44. The summed E-state index contributed by atoms with van der Waals surface area (Å²) in [5, 5.41) is 25.6. The molecule has 0 heterocycles. The largest absolute Gasteiger partial charge is 0.465 e. The minimum absolute atomic E-state index is 0.167. The fourth-order valence-corrected chi connectivity index (χ4v) is 5.50. The van der Waals surface area contributed by atoms with Crippen molar-refractivity contribution in [1.82, 2.24) is 0 Å². The number of fused-ring (bicyclic) bond motifs is 2. The molecule has 5 aromatic carbocycles. The number of esters is 2. The van der Waals surface area contributed by atoms with E-state index >= 15 is 0 Å². The highest BCUT2D eigenvalue weighted by molar-refractivity contribution is 6.02. The highest BCUT2D eigenvalue weighted by Gasteiger charge is 2.41. The van der Waals surface area contributed by atoms with Gasteiger partial charge in [-0.3, -0.25) is 4.79 Å². The van der Waals surface area contributed by atoms with Crippen molar-refractivity contribution in [2.24, 2.45) is 31.3 Å². The van der Waals surface area contributed by atoms with E-state index in [9.17, 15) is 9.59 Å². The lowest BCUT2D eigenvalue weighted by Crippen LogP contribution is -2.39. The van der Waals surface area contributed by atoms with Crippen molar-refractivity contribution < 1.29 is 19.1 Å². The van der Waals surface area contributed by atoms with E-state index in [1.54, 1.807) is 24.3 Å². The number of unbranched alkanes of at least 4 members (excludes halogenated alkanes) is 3. The fourth-order valence-electron chi connectivity index (χ4n) is 5.50. The number of nitrogens with zero attached hydrogens (tertiary/aromatic N) is 4. The maximum absolute atomic E-state index is 12.6. The molecule has 9 nitrogen and oxygen atoms in total. The maximum atomic E-state index is 12.6. The van der Waals surface area contributed by atoms with Crippen molar-refractivity contribution in [1.29, 1.82) is 0 Å². The summed E-state index contributed by atoms with van der Waals surface area (Å²) in [6.45, 7) is 13.6. The molecular formula is C43H49N5O4. The molecule has 5 aromatic rings.